The van der Waals surface area contributed by atoms with E-state index in [1.165, 1.54) is 12.1 Å². The minimum absolute atomic E-state index is 0.150. The van der Waals surface area contributed by atoms with Gasteiger partial charge in [-0.3, -0.25) is 0 Å². The number of carbonyl (C=O) groups is 1. The monoisotopic (exact) mass is 345 g/mol. The van der Waals surface area contributed by atoms with Crippen LogP contribution in [0.5, 0.6) is 0 Å². The molecular weight excluding hydrogens is 326 g/mol. The summed E-state index contributed by atoms with van der Waals surface area (Å²) in [5, 5.41) is -1.03. The molecule has 2 aromatic carbocycles. The predicted octanol–water partition coefficient (Wildman–Crippen LogP) is 1.89. The summed E-state index contributed by atoms with van der Waals surface area (Å²) in [6.45, 7) is 1.82. The van der Waals surface area contributed by atoms with E-state index in [4.69, 9.17) is 10.5 Å². The topological polar surface area (TPSA) is 86.5 Å². The van der Waals surface area contributed by atoms with Crippen LogP contribution in [0.15, 0.2) is 65.6 Å². The number of sulfone groups is 1. The Morgan fingerprint density at radius 1 is 1.08 bits per heavy atom. The highest BCUT2D eigenvalue weighted by molar-refractivity contribution is 7.92. The Balaban J connectivity index is 2.06. The molecule has 1 aliphatic rings. The van der Waals surface area contributed by atoms with E-state index in [-0.39, 0.29) is 11.5 Å². The Hall–Kier alpha value is -2.18. The molecule has 0 amide bonds. The minimum Gasteiger partial charge on any atom is -0.465 e. The van der Waals surface area contributed by atoms with Crippen molar-refractivity contribution in [3.05, 3.63) is 66.2 Å². The maximum Gasteiger partial charge on any atom is 0.328 e. The average Bonchev–Trinajstić information content (AvgIpc) is 3.25. The zero-order valence-corrected chi connectivity index (χ0v) is 14.1. The molecule has 2 N–H and O–H groups in total. The van der Waals surface area contributed by atoms with Crippen LogP contribution >= 0.6 is 0 Å². The van der Waals surface area contributed by atoms with Crippen LogP contribution in [0, 0.1) is 0 Å². The van der Waals surface area contributed by atoms with Crippen molar-refractivity contribution in [3.63, 3.8) is 0 Å². The van der Waals surface area contributed by atoms with Crippen molar-refractivity contribution < 1.29 is 17.9 Å². The van der Waals surface area contributed by atoms with Crippen LogP contribution in [-0.2, 0) is 19.4 Å². The summed E-state index contributed by atoms with van der Waals surface area (Å²) in [6, 6.07) is 17.1. The Labute approximate surface area is 141 Å². The number of ether oxygens (including phenoxy) is 1. The first-order valence-electron chi connectivity index (χ1n) is 7.74. The molecule has 3 rings (SSSR count). The van der Waals surface area contributed by atoms with Gasteiger partial charge in [-0.1, -0.05) is 48.5 Å². The first-order chi connectivity index (χ1) is 11.4. The van der Waals surface area contributed by atoms with Crippen molar-refractivity contribution in [2.24, 2.45) is 5.73 Å². The van der Waals surface area contributed by atoms with Gasteiger partial charge in [0.1, 0.15) is 10.8 Å². The molecule has 0 radical (unpaired) electrons. The van der Waals surface area contributed by atoms with Crippen LogP contribution in [0.4, 0.5) is 0 Å². The Morgan fingerprint density at radius 2 is 1.62 bits per heavy atom. The van der Waals surface area contributed by atoms with E-state index >= 15 is 0 Å². The highest BCUT2D eigenvalue weighted by Crippen LogP contribution is 2.56. The van der Waals surface area contributed by atoms with Gasteiger partial charge in [0.15, 0.2) is 9.84 Å². The van der Waals surface area contributed by atoms with Gasteiger partial charge in [-0.05, 0) is 24.6 Å². The summed E-state index contributed by atoms with van der Waals surface area (Å²) in [6.07, 6.45) is 0. The van der Waals surface area contributed by atoms with E-state index in [0.29, 0.717) is 0 Å². The summed E-state index contributed by atoms with van der Waals surface area (Å²) in [5.41, 5.74) is 5.42. The molecule has 0 aliphatic heterocycles. The molecule has 1 aliphatic carbocycles. The summed E-state index contributed by atoms with van der Waals surface area (Å²) >= 11 is 0. The van der Waals surface area contributed by atoms with Crippen LogP contribution in [0.25, 0.3) is 0 Å². The maximum absolute atomic E-state index is 13.0. The number of carbonyl (C=O) groups excluding carboxylic acids is 1. The molecule has 0 spiro atoms. The van der Waals surface area contributed by atoms with Crippen molar-refractivity contribution in [3.8, 4) is 0 Å². The van der Waals surface area contributed by atoms with Crippen molar-refractivity contribution in [2.75, 3.05) is 6.61 Å². The van der Waals surface area contributed by atoms with Gasteiger partial charge in [-0.2, -0.15) is 0 Å². The lowest BCUT2D eigenvalue weighted by molar-refractivity contribution is -0.145. The zero-order valence-electron chi connectivity index (χ0n) is 13.3. The van der Waals surface area contributed by atoms with Gasteiger partial charge < -0.3 is 10.5 Å². The van der Waals surface area contributed by atoms with Crippen molar-refractivity contribution in [1.29, 1.82) is 0 Å². The van der Waals surface area contributed by atoms with Gasteiger partial charge in [-0.15, -0.1) is 0 Å². The molecular formula is C18H19NO4S. The average molecular weight is 345 g/mol. The van der Waals surface area contributed by atoms with Crippen molar-refractivity contribution in [1.82, 2.24) is 0 Å². The van der Waals surface area contributed by atoms with Crippen molar-refractivity contribution in [2.45, 2.75) is 28.5 Å². The second kappa shape index (κ2) is 6.03. The SMILES string of the molecule is CCOC(=O)[C@@]1(N)[C@H](c2ccccc2)[C@@H]1S(=O)(=O)c1ccccc1. The number of hydrogen-bond acceptors (Lipinski definition) is 5. The first-order valence-corrected chi connectivity index (χ1v) is 9.28. The molecule has 24 heavy (non-hydrogen) atoms. The van der Waals surface area contributed by atoms with Gasteiger partial charge in [0.05, 0.1) is 11.5 Å². The Kier molecular flexibility index (Phi) is 4.19. The van der Waals surface area contributed by atoms with E-state index in [0.717, 1.165) is 5.56 Å². The molecule has 0 aromatic heterocycles. The number of hydrogen-bond donors (Lipinski definition) is 1. The van der Waals surface area contributed by atoms with Gasteiger partial charge in [0, 0.05) is 5.92 Å². The summed E-state index contributed by atoms with van der Waals surface area (Å²) < 4.78 is 31.1. The van der Waals surface area contributed by atoms with Gasteiger partial charge in [-0.25, -0.2) is 13.2 Å². The third kappa shape index (κ3) is 2.52. The molecule has 6 heteroatoms. The summed E-state index contributed by atoms with van der Waals surface area (Å²) in [7, 11) is -3.76. The predicted molar refractivity (Wildman–Crippen MR) is 90.2 cm³/mol. The second-order valence-electron chi connectivity index (χ2n) is 5.82. The molecule has 0 heterocycles. The van der Waals surface area contributed by atoms with E-state index in [1.807, 2.05) is 6.07 Å². The summed E-state index contributed by atoms with van der Waals surface area (Å²) in [5.74, 6) is -1.30. The molecule has 3 atom stereocenters. The van der Waals surface area contributed by atoms with E-state index in [9.17, 15) is 13.2 Å². The largest absolute Gasteiger partial charge is 0.465 e. The molecule has 1 saturated carbocycles. The standard InChI is InChI=1S/C18H19NO4S/c1-2-23-17(20)18(19)15(13-9-5-3-6-10-13)16(18)24(21,22)14-11-7-4-8-12-14/h3-12,15-16H,2,19H2,1H3/t15-,16+,18-/m1/s1. The first kappa shape index (κ1) is 16.7. The number of benzene rings is 2. The number of nitrogens with two attached hydrogens (primary N) is 1. The lowest BCUT2D eigenvalue weighted by Gasteiger charge is -2.11. The van der Waals surface area contributed by atoms with E-state index < -0.39 is 32.5 Å². The van der Waals surface area contributed by atoms with Crippen LogP contribution < -0.4 is 5.73 Å². The van der Waals surface area contributed by atoms with Gasteiger partial charge in [0.25, 0.3) is 0 Å². The molecule has 0 saturated heterocycles. The maximum atomic E-state index is 13.0. The number of esters is 1. The lowest BCUT2D eigenvalue weighted by atomic mass is 10.1. The highest BCUT2D eigenvalue weighted by atomic mass is 32.2. The fraction of sp³-hybridized carbons (Fsp3) is 0.278. The Bertz CT molecular complexity index is 836. The summed E-state index contributed by atoms with van der Waals surface area (Å²) in [4.78, 5) is 12.5. The highest BCUT2D eigenvalue weighted by Gasteiger charge is 2.74. The minimum atomic E-state index is -3.76. The molecule has 1 fully saturated rings. The van der Waals surface area contributed by atoms with E-state index in [2.05, 4.69) is 0 Å². The zero-order chi connectivity index (χ0) is 17.4. The second-order valence-corrected chi connectivity index (χ2v) is 7.89. The number of rotatable bonds is 5. The van der Waals surface area contributed by atoms with E-state index in [1.54, 1.807) is 49.4 Å². The van der Waals surface area contributed by atoms with Crippen LogP contribution in [-0.4, -0.2) is 31.8 Å². The third-order valence-corrected chi connectivity index (χ3v) is 6.63. The fourth-order valence-corrected chi connectivity index (χ4v) is 5.43. The quantitative estimate of drug-likeness (QED) is 0.836. The molecule has 0 unspecified atom stereocenters. The third-order valence-electron chi connectivity index (χ3n) is 4.37. The van der Waals surface area contributed by atoms with Crippen LogP contribution in [0.2, 0.25) is 0 Å². The fourth-order valence-electron chi connectivity index (χ4n) is 3.18. The lowest BCUT2D eigenvalue weighted by Crippen LogP contribution is -2.41. The van der Waals surface area contributed by atoms with Gasteiger partial charge in [0.2, 0.25) is 0 Å². The Morgan fingerprint density at radius 3 is 2.17 bits per heavy atom. The smallest absolute Gasteiger partial charge is 0.328 e. The van der Waals surface area contributed by atoms with Crippen LogP contribution in [0.3, 0.4) is 0 Å². The normalized spacial score (nSPS) is 25.9. The molecule has 5 nitrogen and oxygen atoms in total. The molecule has 0 bridgehead atoms. The van der Waals surface area contributed by atoms with Gasteiger partial charge >= 0.3 is 5.97 Å². The van der Waals surface area contributed by atoms with Crippen LogP contribution in [0.1, 0.15) is 18.4 Å². The molecule has 126 valence electrons. The molecule has 2 aromatic rings. The van der Waals surface area contributed by atoms with Crippen molar-refractivity contribution >= 4 is 15.8 Å².